The standard InChI is InChI=1S/C29H31ClN2O2/c1-17(2)21-12-9-13-22(18(3)4)27(21)31-28(33)26-25(19-10-7-6-8-11-19)23-16-20(30)14-15-24(23)32(5)29(26)34/h6-18,25-26H,1-5H3,(H,31,33). The number of anilines is 2. The molecule has 2 amide bonds. The highest BCUT2D eigenvalue weighted by Gasteiger charge is 2.44. The van der Waals surface area contributed by atoms with Gasteiger partial charge in [0.05, 0.1) is 0 Å². The molecule has 0 fully saturated rings. The molecule has 5 heteroatoms. The summed E-state index contributed by atoms with van der Waals surface area (Å²) in [6, 6.07) is 21.4. The van der Waals surface area contributed by atoms with Crippen LogP contribution in [0.15, 0.2) is 66.7 Å². The number of nitrogens with zero attached hydrogens (tertiary/aromatic N) is 1. The van der Waals surface area contributed by atoms with E-state index >= 15 is 0 Å². The van der Waals surface area contributed by atoms with Gasteiger partial charge >= 0.3 is 0 Å². The van der Waals surface area contributed by atoms with Crippen molar-refractivity contribution in [2.45, 2.75) is 45.4 Å². The average molecular weight is 475 g/mol. The van der Waals surface area contributed by atoms with E-state index in [4.69, 9.17) is 11.6 Å². The van der Waals surface area contributed by atoms with Crippen molar-refractivity contribution in [3.8, 4) is 0 Å². The number of fused-ring (bicyclic) bond motifs is 1. The van der Waals surface area contributed by atoms with E-state index < -0.39 is 11.8 Å². The molecule has 0 aliphatic carbocycles. The van der Waals surface area contributed by atoms with Crippen LogP contribution < -0.4 is 10.2 Å². The normalized spacial score (nSPS) is 17.8. The van der Waals surface area contributed by atoms with Gasteiger partial charge in [-0.1, -0.05) is 87.8 Å². The van der Waals surface area contributed by atoms with Gasteiger partial charge in [0.2, 0.25) is 11.8 Å². The molecule has 34 heavy (non-hydrogen) atoms. The zero-order valence-corrected chi connectivity index (χ0v) is 21.1. The fourth-order valence-corrected chi connectivity index (χ4v) is 5.10. The summed E-state index contributed by atoms with van der Waals surface area (Å²) in [5.74, 6) is -1.43. The maximum Gasteiger partial charge on any atom is 0.240 e. The van der Waals surface area contributed by atoms with Crippen LogP contribution in [0.5, 0.6) is 0 Å². The summed E-state index contributed by atoms with van der Waals surface area (Å²) >= 11 is 6.38. The van der Waals surface area contributed by atoms with Gasteiger partial charge in [0.25, 0.3) is 0 Å². The van der Waals surface area contributed by atoms with E-state index in [0.29, 0.717) is 5.02 Å². The van der Waals surface area contributed by atoms with Gasteiger partial charge in [-0.3, -0.25) is 9.59 Å². The van der Waals surface area contributed by atoms with E-state index in [1.807, 2.05) is 60.7 Å². The number of halogens is 1. The molecule has 2 atom stereocenters. The Morgan fingerprint density at radius 1 is 0.912 bits per heavy atom. The average Bonchev–Trinajstić information content (AvgIpc) is 2.81. The third-order valence-corrected chi connectivity index (χ3v) is 6.91. The fourth-order valence-electron chi connectivity index (χ4n) is 4.92. The molecule has 2 unspecified atom stereocenters. The minimum absolute atomic E-state index is 0.225. The lowest BCUT2D eigenvalue weighted by Crippen LogP contribution is -2.47. The van der Waals surface area contributed by atoms with Gasteiger partial charge in [0, 0.05) is 29.4 Å². The number of amides is 2. The minimum Gasteiger partial charge on any atom is -0.325 e. The lowest BCUT2D eigenvalue weighted by atomic mass is 9.76. The first-order chi connectivity index (χ1) is 16.2. The molecule has 4 nitrogen and oxygen atoms in total. The van der Waals surface area contributed by atoms with Crippen molar-refractivity contribution in [1.29, 1.82) is 0 Å². The number of benzene rings is 3. The number of hydrogen-bond donors (Lipinski definition) is 1. The van der Waals surface area contributed by atoms with Crippen molar-refractivity contribution >= 4 is 34.8 Å². The van der Waals surface area contributed by atoms with Gasteiger partial charge in [0.1, 0.15) is 5.92 Å². The van der Waals surface area contributed by atoms with Crippen LogP contribution in [0.1, 0.15) is 67.7 Å². The molecule has 0 bridgehead atoms. The second kappa shape index (κ2) is 9.63. The smallest absolute Gasteiger partial charge is 0.240 e. The Balaban J connectivity index is 1.85. The number of nitrogens with one attached hydrogen (secondary N) is 1. The molecule has 1 heterocycles. The summed E-state index contributed by atoms with van der Waals surface area (Å²) in [6.07, 6.45) is 0. The van der Waals surface area contributed by atoms with Gasteiger partial charge < -0.3 is 10.2 Å². The maximum atomic E-state index is 14.0. The number of para-hydroxylation sites is 1. The highest BCUT2D eigenvalue weighted by molar-refractivity contribution is 6.31. The SMILES string of the molecule is CC(C)c1cccc(C(C)C)c1NC(=O)C1C(=O)N(C)c2ccc(Cl)cc2C1c1ccccc1. The first-order valence-electron chi connectivity index (χ1n) is 11.8. The van der Waals surface area contributed by atoms with Crippen LogP contribution in [0.25, 0.3) is 0 Å². The fraction of sp³-hybridized carbons (Fsp3) is 0.310. The number of hydrogen-bond acceptors (Lipinski definition) is 2. The van der Waals surface area contributed by atoms with Crippen molar-refractivity contribution in [3.05, 3.63) is 94.0 Å². The second-order valence-corrected chi connectivity index (χ2v) is 10.0. The van der Waals surface area contributed by atoms with E-state index in [9.17, 15) is 9.59 Å². The predicted molar refractivity (Wildman–Crippen MR) is 140 cm³/mol. The lowest BCUT2D eigenvalue weighted by molar-refractivity contribution is -0.131. The Bertz CT molecular complexity index is 1190. The molecule has 1 aliphatic rings. The van der Waals surface area contributed by atoms with Crippen molar-refractivity contribution < 1.29 is 9.59 Å². The van der Waals surface area contributed by atoms with Crippen LogP contribution in [0.4, 0.5) is 11.4 Å². The molecule has 176 valence electrons. The monoisotopic (exact) mass is 474 g/mol. The van der Waals surface area contributed by atoms with E-state index in [2.05, 4.69) is 33.0 Å². The Hall–Kier alpha value is -3.11. The van der Waals surface area contributed by atoms with E-state index in [1.54, 1.807) is 18.0 Å². The molecule has 3 aromatic carbocycles. The Morgan fingerprint density at radius 2 is 1.53 bits per heavy atom. The molecule has 0 saturated carbocycles. The van der Waals surface area contributed by atoms with Crippen LogP contribution in [0, 0.1) is 5.92 Å². The molecule has 0 aromatic heterocycles. The molecule has 3 aromatic rings. The first-order valence-corrected chi connectivity index (χ1v) is 12.1. The molecule has 1 aliphatic heterocycles. The van der Waals surface area contributed by atoms with Crippen LogP contribution in [0.2, 0.25) is 5.02 Å². The molecule has 4 rings (SSSR count). The number of rotatable bonds is 5. The molecule has 1 N–H and O–H groups in total. The van der Waals surface area contributed by atoms with Crippen molar-refractivity contribution in [2.75, 3.05) is 17.3 Å². The van der Waals surface area contributed by atoms with Crippen LogP contribution in [-0.4, -0.2) is 18.9 Å². The minimum atomic E-state index is -0.918. The first kappa shape index (κ1) is 24.0. The summed E-state index contributed by atoms with van der Waals surface area (Å²) in [6.45, 7) is 8.44. The molecular formula is C29H31ClN2O2. The molecular weight excluding hydrogens is 444 g/mol. The third kappa shape index (κ3) is 4.35. The van der Waals surface area contributed by atoms with Gasteiger partial charge in [-0.2, -0.15) is 0 Å². The third-order valence-electron chi connectivity index (χ3n) is 6.68. The van der Waals surface area contributed by atoms with E-state index in [0.717, 1.165) is 33.6 Å². The maximum absolute atomic E-state index is 14.0. The largest absolute Gasteiger partial charge is 0.325 e. The summed E-state index contributed by atoms with van der Waals surface area (Å²) < 4.78 is 0. The Labute approximate surface area is 206 Å². The quantitative estimate of drug-likeness (QED) is 0.407. The summed E-state index contributed by atoms with van der Waals surface area (Å²) in [7, 11) is 1.72. The second-order valence-electron chi connectivity index (χ2n) is 9.58. The zero-order chi connectivity index (χ0) is 24.6. The van der Waals surface area contributed by atoms with Gasteiger partial charge in [-0.05, 0) is 52.3 Å². The summed E-state index contributed by atoms with van der Waals surface area (Å²) in [4.78, 5) is 29.2. The van der Waals surface area contributed by atoms with E-state index in [-0.39, 0.29) is 23.7 Å². The summed E-state index contributed by atoms with van der Waals surface area (Å²) in [5, 5.41) is 3.77. The number of carbonyl (C=O) groups is 2. The van der Waals surface area contributed by atoms with Gasteiger partial charge in [0.15, 0.2) is 0 Å². The van der Waals surface area contributed by atoms with Crippen molar-refractivity contribution in [3.63, 3.8) is 0 Å². The Kier molecular flexibility index (Phi) is 6.81. The molecule has 0 spiro atoms. The van der Waals surface area contributed by atoms with E-state index in [1.165, 1.54) is 0 Å². The molecule has 0 saturated heterocycles. The Morgan fingerprint density at radius 3 is 2.12 bits per heavy atom. The highest BCUT2D eigenvalue weighted by atomic mass is 35.5. The number of carbonyl (C=O) groups excluding carboxylic acids is 2. The van der Waals surface area contributed by atoms with Gasteiger partial charge in [-0.25, -0.2) is 0 Å². The zero-order valence-electron chi connectivity index (χ0n) is 20.3. The van der Waals surface area contributed by atoms with Gasteiger partial charge in [-0.15, -0.1) is 0 Å². The van der Waals surface area contributed by atoms with Crippen molar-refractivity contribution in [1.82, 2.24) is 0 Å². The predicted octanol–water partition coefficient (Wildman–Crippen LogP) is 6.95. The summed E-state index contributed by atoms with van der Waals surface area (Å²) in [5.41, 5.74) is 5.51. The van der Waals surface area contributed by atoms with Crippen LogP contribution >= 0.6 is 11.6 Å². The van der Waals surface area contributed by atoms with Crippen molar-refractivity contribution in [2.24, 2.45) is 5.92 Å². The topological polar surface area (TPSA) is 49.4 Å². The lowest BCUT2D eigenvalue weighted by Gasteiger charge is -2.37. The van der Waals surface area contributed by atoms with Crippen LogP contribution in [0.3, 0.4) is 0 Å². The van der Waals surface area contributed by atoms with Crippen LogP contribution in [-0.2, 0) is 9.59 Å². The highest BCUT2D eigenvalue weighted by Crippen LogP contribution is 2.45. The molecule has 0 radical (unpaired) electrons.